The normalized spacial score (nSPS) is 10.8. The van der Waals surface area contributed by atoms with Gasteiger partial charge in [0.25, 0.3) is 5.56 Å². The van der Waals surface area contributed by atoms with Crippen molar-refractivity contribution in [1.29, 1.82) is 0 Å². The molecule has 5 nitrogen and oxygen atoms in total. The summed E-state index contributed by atoms with van der Waals surface area (Å²) < 4.78 is 6.99. The number of rotatable bonds is 7. The summed E-state index contributed by atoms with van der Waals surface area (Å²) in [7, 11) is 3.90. The molecule has 0 saturated heterocycles. The van der Waals surface area contributed by atoms with Gasteiger partial charge in [0, 0.05) is 25.9 Å². The van der Waals surface area contributed by atoms with E-state index in [1.165, 1.54) is 0 Å². The Bertz CT molecular complexity index is 388. The second-order valence-corrected chi connectivity index (χ2v) is 4.10. The average Bonchev–Trinajstić information content (AvgIpc) is 2.29. The second-order valence-electron chi connectivity index (χ2n) is 4.10. The number of pyridine rings is 1. The fraction of sp³-hybridized carbons (Fsp3) is 0.583. The molecule has 0 unspecified atom stereocenters. The summed E-state index contributed by atoms with van der Waals surface area (Å²) in [6, 6.07) is 3.46. The zero-order valence-electron chi connectivity index (χ0n) is 10.4. The van der Waals surface area contributed by atoms with Crippen LogP contribution in [0.2, 0.25) is 0 Å². The Morgan fingerprint density at radius 3 is 2.88 bits per heavy atom. The molecule has 0 atom stereocenters. The summed E-state index contributed by atoms with van der Waals surface area (Å²) in [5.74, 6) is 0.368. The molecule has 0 aliphatic carbocycles. The Morgan fingerprint density at radius 2 is 2.24 bits per heavy atom. The number of nitrogens with zero attached hydrogens (tertiary/aromatic N) is 2. The zero-order chi connectivity index (χ0) is 12.7. The van der Waals surface area contributed by atoms with Crippen LogP contribution in [0.4, 0.5) is 0 Å². The van der Waals surface area contributed by atoms with E-state index in [0.29, 0.717) is 25.3 Å². The molecule has 0 saturated carbocycles. The van der Waals surface area contributed by atoms with Crippen molar-refractivity contribution in [3.8, 4) is 5.75 Å². The van der Waals surface area contributed by atoms with E-state index in [1.807, 2.05) is 19.0 Å². The van der Waals surface area contributed by atoms with Crippen LogP contribution in [-0.2, 0) is 6.54 Å². The number of aryl methyl sites for hydroxylation is 1. The van der Waals surface area contributed by atoms with E-state index in [4.69, 9.17) is 9.84 Å². The number of hydrogen-bond acceptors (Lipinski definition) is 4. The molecule has 1 aromatic rings. The summed E-state index contributed by atoms with van der Waals surface area (Å²) in [4.78, 5) is 13.9. The quantitative estimate of drug-likeness (QED) is 0.738. The first kappa shape index (κ1) is 13.7. The summed E-state index contributed by atoms with van der Waals surface area (Å²) in [5.41, 5.74) is -0.139. The van der Waals surface area contributed by atoms with Gasteiger partial charge in [-0.25, -0.2) is 0 Å². The molecule has 1 N–H and O–H groups in total. The van der Waals surface area contributed by atoms with E-state index < -0.39 is 0 Å². The molecular formula is C12H20N2O3. The molecule has 0 fully saturated rings. The third-order valence-electron chi connectivity index (χ3n) is 2.34. The minimum atomic E-state index is -0.139. The number of aliphatic hydroxyl groups is 1. The molecule has 1 heterocycles. The monoisotopic (exact) mass is 240 g/mol. The first-order valence-corrected chi connectivity index (χ1v) is 5.73. The number of aliphatic hydroxyl groups excluding tert-OH is 1. The zero-order valence-corrected chi connectivity index (χ0v) is 10.4. The van der Waals surface area contributed by atoms with Crippen molar-refractivity contribution in [2.45, 2.75) is 13.0 Å². The fourth-order valence-corrected chi connectivity index (χ4v) is 1.38. The molecule has 0 spiro atoms. The van der Waals surface area contributed by atoms with Crippen molar-refractivity contribution in [3.05, 3.63) is 28.7 Å². The van der Waals surface area contributed by atoms with Gasteiger partial charge < -0.3 is 19.3 Å². The SMILES string of the molecule is CN(C)CCOc1cccn(CCCO)c1=O. The molecule has 1 aromatic heterocycles. The lowest BCUT2D eigenvalue weighted by atomic mass is 10.4. The van der Waals surface area contributed by atoms with Gasteiger partial charge in [-0.05, 0) is 32.6 Å². The van der Waals surface area contributed by atoms with Crippen LogP contribution in [0.1, 0.15) is 6.42 Å². The predicted molar refractivity (Wildman–Crippen MR) is 66.5 cm³/mol. The molecule has 0 aromatic carbocycles. The van der Waals surface area contributed by atoms with Gasteiger partial charge in [-0.15, -0.1) is 0 Å². The van der Waals surface area contributed by atoms with Gasteiger partial charge in [-0.3, -0.25) is 4.79 Å². The van der Waals surface area contributed by atoms with Gasteiger partial charge >= 0.3 is 0 Å². The highest BCUT2D eigenvalue weighted by molar-refractivity contribution is 5.17. The molecule has 0 radical (unpaired) electrons. The lowest BCUT2D eigenvalue weighted by molar-refractivity contribution is 0.255. The summed E-state index contributed by atoms with van der Waals surface area (Å²) >= 11 is 0. The van der Waals surface area contributed by atoms with Gasteiger partial charge in [-0.2, -0.15) is 0 Å². The van der Waals surface area contributed by atoms with Crippen molar-refractivity contribution in [3.63, 3.8) is 0 Å². The molecule has 0 bridgehead atoms. The standard InChI is InChI=1S/C12H20N2O3/c1-13(2)8-10-17-11-5-3-6-14(12(11)16)7-4-9-15/h3,5-6,15H,4,7-10H2,1-2H3. The fourth-order valence-electron chi connectivity index (χ4n) is 1.38. The van der Waals surface area contributed by atoms with Crippen LogP contribution in [0.5, 0.6) is 5.75 Å². The van der Waals surface area contributed by atoms with Crippen LogP contribution in [0, 0.1) is 0 Å². The Labute approximate surface area is 101 Å². The van der Waals surface area contributed by atoms with E-state index in [1.54, 1.807) is 22.9 Å². The van der Waals surface area contributed by atoms with E-state index in [2.05, 4.69) is 0 Å². The van der Waals surface area contributed by atoms with Gasteiger partial charge in [0.1, 0.15) is 6.61 Å². The highest BCUT2D eigenvalue weighted by atomic mass is 16.5. The Morgan fingerprint density at radius 1 is 1.47 bits per heavy atom. The number of hydrogen-bond donors (Lipinski definition) is 1. The topological polar surface area (TPSA) is 54.7 Å². The van der Waals surface area contributed by atoms with Crippen molar-refractivity contribution in [2.75, 3.05) is 33.9 Å². The summed E-state index contributed by atoms with van der Waals surface area (Å²) in [6.45, 7) is 1.86. The lowest BCUT2D eigenvalue weighted by Crippen LogP contribution is -2.25. The van der Waals surface area contributed by atoms with E-state index in [-0.39, 0.29) is 12.2 Å². The third kappa shape index (κ3) is 4.58. The molecule has 1 rings (SSSR count). The molecule has 96 valence electrons. The van der Waals surface area contributed by atoms with Crippen molar-refractivity contribution >= 4 is 0 Å². The van der Waals surface area contributed by atoms with Crippen LogP contribution < -0.4 is 10.3 Å². The van der Waals surface area contributed by atoms with E-state index in [0.717, 1.165) is 6.54 Å². The molecule has 0 aliphatic heterocycles. The Kier molecular flexibility index (Phi) is 5.72. The maximum atomic E-state index is 11.9. The van der Waals surface area contributed by atoms with Gasteiger partial charge in [0.05, 0.1) is 0 Å². The summed E-state index contributed by atoms with van der Waals surface area (Å²) in [5, 5.41) is 8.74. The lowest BCUT2D eigenvalue weighted by Gasteiger charge is -2.11. The summed E-state index contributed by atoms with van der Waals surface area (Å²) in [6.07, 6.45) is 2.28. The molecular weight excluding hydrogens is 220 g/mol. The predicted octanol–water partition coefficient (Wildman–Crippen LogP) is 0.171. The average molecular weight is 240 g/mol. The van der Waals surface area contributed by atoms with E-state index in [9.17, 15) is 4.79 Å². The van der Waals surface area contributed by atoms with Crippen molar-refractivity contribution in [1.82, 2.24) is 9.47 Å². The van der Waals surface area contributed by atoms with Crippen LogP contribution in [-0.4, -0.2) is 48.4 Å². The highest BCUT2D eigenvalue weighted by Crippen LogP contribution is 2.02. The van der Waals surface area contributed by atoms with Crippen LogP contribution in [0.15, 0.2) is 23.1 Å². The van der Waals surface area contributed by atoms with E-state index >= 15 is 0 Å². The second kappa shape index (κ2) is 7.09. The smallest absolute Gasteiger partial charge is 0.292 e. The van der Waals surface area contributed by atoms with Crippen LogP contribution in [0.3, 0.4) is 0 Å². The van der Waals surface area contributed by atoms with Gasteiger partial charge in [0.15, 0.2) is 5.75 Å². The molecule has 0 amide bonds. The van der Waals surface area contributed by atoms with Gasteiger partial charge in [0.2, 0.25) is 0 Å². The first-order chi connectivity index (χ1) is 8.15. The molecule has 0 aliphatic rings. The van der Waals surface area contributed by atoms with Crippen LogP contribution >= 0.6 is 0 Å². The van der Waals surface area contributed by atoms with Crippen molar-refractivity contribution in [2.24, 2.45) is 0 Å². The number of ether oxygens (including phenoxy) is 1. The van der Waals surface area contributed by atoms with Crippen LogP contribution in [0.25, 0.3) is 0 Å². The Hall–Kier alpha value is -1.33. The number of likely N-dealkylation sites (N-methyl/N-ethyl adjacent to an activating group) is 1. The molecule has 17 heavy (non-hydrogen) atoms. The largest absolute Gasteiger partial charge is 0.487 e. The van der Waals surface area contributed by atoms with Gasteiger partial charge in [-0.1, -0.05) is 0 Å². The maximum Gasteiger partial charge on any atom is 0.292 e. The number of aromatic nitrogens is 1. The van der Waals surface area contributed by atoms with Crippen molar-refractivity contribution < 1.29 is 9.84 Å². The Balaban J connectivity index is 2.63. The highest BCUT2D eigenvalue weighted by Gasteiger charge is 2.03. The molecule has 5 heteroatoms. The minimum absolute atomic E-state index is 0.0815. The first-order valence-electron chi connectivity index (χ1n) is 5.73. The minimum Gasteiger partial charge on any atom is -0.487 e. The third-order valence-corrected chi connectivity index (χ3v) is 2.34. The maximum absolute atomic E-state index is 11.9.